The van der Waals surface area contributed by atoms with Crippen molar-refractivity contribution in [1.29, 1.82) is 0 Å². The minimum absolute atomic E-state index is 0. The summed E-state index contributed by atoms with van der Waals surface area (Å²) in [4.78, 5) is 0. The summed E-state index contributed by atoms with van der Waals surface area (Å²) in [6.45, 7) is 0. The van der Waals surface area contributed by atoms with Gasteiger partial charge in [-0.1, -0.05) is 35.4 Å². The van der Waals surface area contributed by atoms with Crippen LogP contribution in [-0.2, 0) is 17.1 Å². The number of halogens is 2. The molecule has 0 N–H and O–H groups in total. The molecule has 3 aromatic rings. The Balaban J connectivity index is 0.000000256. The van der Waals surface area contributed by atoms with E-state index in [1.807, 2.05) is 60.7 Å². The summed E-state index contributed by atoms with van der Waals surface area (Å²) in [5.74, 6) is 0. The summed E-state index contributed by atoms with van der Waals surface area (Å²) in [6.07, 6.45) is 0. The van der Waals surface area contributed by atoms with Gasteiger partial charge >= 0.3 is 17.1 Å². The summed E-state index contributed by atoms with van der Waals surface area (Å²) in [6, 6.07) is 24.0. The smallest absolute Gasteiger partial charge is 0.214 e. The normalized spacial score (nSPS) is 9.16. The van der Waals surface area contributed by atoms with Crippen LogP contribution in [-0.4, -0.2) is 0 Å². The Bertz CT molecular complexity index is 554. The number of hydrogen-bond donors (Lipinski definition) is 0. The van der Waals surface area contributed by atoms with Crippen LogP contribution in [0.25, 0.3) is 11.1 Å². The molecular weight excluding hydrogens is 363 g/mol. The molecule has 0 unspecified atom stereocenters. The van der Waals surface area contributed by atoms with E-state index in [0.717, 1.165) is 15.1 Å². The van der Waals surface area contributed by atoms with Crippen molar-refractivity contribution < 1.29 is 17.1 Å². The molecular formula is C16H12BrClFe. The van der Waals surface area contributed by atoms with Crippen molar-refractivity contribution in [3.05, 3.63) is 82.3 Å². The molecule has 0 saturated carbocycles. The van der Waals surface area contributed by atoms with Gasteiger partial charge in [0, 0.05) is 5.02 Å². The predicted octanol–water partition coefficient (Wildman–Crippen LogP) is 5.89. The van der Waals surface area contributed by atoms with E-state index < -0.39 is 0 Å². The molecule has 0 aliphatic heterocycles. The third kappa shape index (κ3) is 5.00. The van der Waals surface area contributed by atoms with Crippen LogP contribution in [0.3, 0.4) is 0 Å². The van der Waals surface area contributed by atoms with Crippen LogP contribution in [0.2, 0.25) is 5.02 Å². The van der Waals surface area contributed by atoms with Crippen LogP contribution in [0, 0.1) is 0 Å². The monoisotopic (exact) mass is 374 g/mol. The van der Waals surface area contributed by atoms with E-state index in [0.29, 0.717) is 0 Å². The van der Waals surface area contributed by atoms with Crippen molar-refractivity contribution >= 4 is 27.5 Å². The van der Waals surface area contributed by atoms with Gasteiger partial charge in [0.05, 0.1) is 0 Å². The predicted molar refractivity (Wildman–Crippen MR) is 82.2 cm³/mol. The zero-order valence-electron chi connectivity index (χ0n) is 10.0. The van der Waals surface area contributed by atoms with Crippen LogP contribution >= 0.6 is 27.5 Å². The fourth-order valence-corrected chi connectivity index (χ4v) is 2.24. The maximum Gasteiger partial charge on any atom is 2.00 e. The first-order valence-electron chi connectivity index (χ1n) is 5.61. The van der Waals surface area contributed by atoms with Crippen LogP contribution in [0.15, 0.2) is 77.3 Å². The second-order valence-corrected chi connectivity index (χ2v) is 5.05. The zero-order valence-corrected chi connectivity index (χ0v) is 13.5. The van der Waals surface area contributed by atoms with Crippen molar-refractivity contribution in [2.45, 2.75) is 0 Å². The summed E-state index contributed by atoms with van der Waals surface area (Å²) in [5.41, 5.74) is 2.33. The molecule has 19 heavy (non-hydrogen) atoms. The first-order chi connectivity index (χ1) is 8.77. The molecule has 3 rings (SSSR count). The Kier molecular flexibility index (Phi) is 7.19. The Hall–Kier alpha value is -0.791. The van der Waals surface area contributed by atoms with E-state index in [2.05, 4.69) is 28.1 Å². The first kappa shape index (κ1) is 16.3. The molecule has 0 saturated heterocycles. The van der Waals surface area contributed by atoms with E-state index in [9.17, 15) is 0 Å². The van der Waals surface area contributed by atoms with Gasteiger partial charge < -0.3 is 0 Å². The molecule has 0 aliphatic carbocycles. The van der Waals surface area contributed by atoms with Crippen LogP contribution in [0.1, 0.15) is 0 Å². The maximum atomic E-state index is 5.91. The maximum absolute atomic E-state index is 5.91. The molecule has 0 heterocycles. The van der Waals surface area contributed by atoms with Gasteiger partial charge in [0.1, 0.15) is 0 Å². The van der Waals surface area contributed by atoms with Gasteiger partial charge in [0.15, 0.2) is 0 Å². The largest absolute Gasteiger partial charge is 2.00 e. The van der Waals surface area contributed by atoms with Crippen molar-refractivity contribution in [1.82, 2.24) is 0 Å². The van der Waals surface area contributed by atoms with Gasteiger partial charge in [-0.15, -0.1) is 33.6 Å². The molecule has 0 amide bonds. The average Bonchev–Trinajstić information content (AvgIpc) is 3.07. The molecule has 0 aliphatic rings. The van der Waals surface area contributed by atoms with Crippen LogP contribution < -0.4 is 0 Å². The summed E-state index contributed by atoms with van der Waals surface area (Å²) in [5, 5.41) is 0.763. The molecule has 0 bridgehead atoms. The minimum atomic E-state index is 0. The molecule has 0 atom stereocenters. The van der Waals surface area contributed by atoms with Gasteiger partial charge in [-0.25, -0.2) is 12.1 Å². The minimum Gasteiger partial charge on any atom is -0.214 e. The molecule has 98 valence electrons. The molecule has 0 nitrogen and oxygen atoms in total. The quantitative estimate of drug-likeness (QED) is 0.367. The molecule has 0 fully saturated rings. The molecule has 3 heteroatoms. The van der Waals surface area contributed by atoms with Gasteiger partial charge in [0.2, 0.25) is 0 Å². The van der Waals surface area contributed by atoms with Crippen LogP contribution in [0.4, 0.5) is 0 Å². The number of hydrogen-bond acceptors (Lipinski definition) is 0. The molecule has 0 spiro atoms. The molecule has 0 radical (unpaired) electrons. The third-order valence-corrected chi connectivity index (χ3v) is 3.38. The van der Waals surface area contributed by atoms with E-state index in [1.165, 1.54) is 5.56 Å². The molecule has 3 aromatic carbocycles. The van der Waals surface area contributed by atoms with Crippen molar-refractivity contribution in [3.63, 3.8) is 0 Å². The van der Waals surface area contributed by atoms with Crippen molar-refractivity contribution in [2.75, 3.05) is 0 Å². The first-order valence-corrected chi connectivity index (χ1v) is 6.78. The SMILES string of the molecule is Clc1ccc(Br)c(-[c-]2cccc2)c1.[Fe+2].c1cc[cH-]c1. The summed E-state index contributed by atoms with van der Waals surface area (Å²) < 4.78 is 1.07. The second-order valence-electron chi connectivity index (χ2n) is 3.76. The zero-order chi connectivity index (χ0) is 12.8. The van der Waals surface area contributed by atoms with E-state index in [-0.39, 0.29) is 17.1 Å². The van der Waals surface area contributed by atoms with Gasteiger partial charge in [-0.2, -0.15) is 30.3 Å². The summed E-state index contributed by atoms with van der Waals surface area (Å²) >= 11 is 9.41. The average molecular weight is 375 g/mol. The fraction of sp³-hybridized carbons (Fsp3) is 0. The standard InChI is InChI=1S/C11H7BrCl.C5H5.Fe/c12-11-6-5-9(13)7-10(11)8-3-1-2-4-8;1-2-4-5-3-1;/h1-7H;1-5H;/q2*-1;+2. The third-order valence-electron chi connectivity index (χ3n) is 2.46. The van der Waals surface area contributed by atoms with Crippen molar-refractivity contribution in [2.24, 2.45) is 0 Å². The summed E-state index contributed by atoms with van der Waals surface area (Å²) in [7, 11) is 0. The fourth-order valence-electron chi connectivity index (χ4n) is 1.59. The van der Waals surface area contributed by atoms with Crippen LogP contribution in [0.5, 0.6) is 0 Å². The van der Waals surface area contributed by atoms with Gasteiger partial charge in [-0.05, 0) is 4.47 Å². The van der Waals surface area contributed by atoms with Gasteiger partial charge in [0.25, 0.3) is 0 Å². The topological polar surface area (TPSA) is 0 Å². The van der Waals surface area contributed by atoms with E-state index >= 15 is 0 Å². The van der Waals surface area contributed by atoms with E-state index in [4.69, 9.17) is 11.6 Å². The number of benzene rings is 1. The van der Waals surface area contributed by atoms with Gasteiger partial charge in [-0.3, -0.25) is 0 Å². The Labute approximate surface area is 137 Å². The van der Waals surface area contributed by atoms with Crippen molar-refractivity contribution in [3.8, 4) is 11.1 Å². The Morgan fingerprint density at radius 2 is 1.63 bits per heavy atom. The number of rotatable bonds is 1. The Morgan fingerprint density at radius 1 is 1.00 bits per heavy atom. The Morgan fingerprint density at radius 3 is 2.16 bits per heavy atom. The second kappa shape index (κ2) is 8.39. The molecule has 0 aromatic heterocycles. The van der Waals surface area contributed by atoms with E-state index in [1.54, 1.807) is 0 Å².